The van der Waals surface area contributed by atoms with Gasteiger partial charge in [-0.05, 0) is 45.5 Å². The Kier molecular flexibility index (Phi) is 7.04. The number of benzene rings is 2. The van der Waals surface area contributed by atoms with E-state index in [0.717, 1.165) is 26.9 Å². The van der Waals surface area contributed by atoms with Crippen LogP contribution in [0.3, 0.4) is 0 Å². The quantitative estimate of drug-likeness (QED) is 0.310. The molecule has 0 saturated heterocycles. The van der Waals surface area contributed by atoms with Gasteiger partial charge in [0.15, 0.2) is 0 Å². The number of H-pyrrole nitrogens is 1. The molecule has 9 heteroatoms. The minimum atomic E-state index is -0.503. The third-order valence-corrected chi connectivity index (χ3v) is 6.76. The molecule has 34 heavy (non-hydrogen) atoms. The molecule has 178 valence electrons. The van der Waals surface area contributed by atoms with E-state index >= 15 is 0 Å². The Labute approximate surface area is 206 Å². The number of ether oxygens (including phenoxy) is 2. The lowest BCUT2D eigenvalue weighted by atomic mass is 10.0. The molecule has 2 heterocycles. The van der Waals surface area contributed by atoms with Gasteiger partial charge in [0, 0.05) is 12.2 Å². The number of hydrogen-bond acceptors (Lipinski definition) is 6. The molecule has 0 aliphatic heterocycles. The van der Waals surface area contributed by atoms with Crippen LogP contribution in [0.5, 0.6) is 5.75 Å². The Balaban J connectivity index is 1.86. The summed E-state index contributed by atoms with van der Waals surface area (Å²) in [5, 5.41) is 9.81. The number of carbonyl (C=O) groups is 1. The molecule has 1 atom stereocenters. The molecule has 0 spiro atoms. The average Bonchev–Trinajstić information content (AvgIpc) is 3.51. The summed E-state index contributed by atoms with van der Waals surface area (Å²) >= 11 is 3.73. The predicted molar refractivity (Wildman–Crippen MR) is 133 cm³/mol. The molecule has 0 aliphatic carbocycles. The number of esters is 1. The smallest absolute Gasteiger partial charge is 0.356 e. The van der Waals surface area contributed by atoms with Gasteiger partial charge in [0.2, 0.25) is 0 Å². The first kappa shape index (κ1) is 24.0. The Hall–Kier alpha value is -3.17. The molecule has 2 N–H and O–H groups in total. The standard InChI is InChI=1S/C25H27BrN4O4/c1-14(2)15-5-7-16(8-6-15)24-28-22-20(33-3)11-17(21(26)23(22)29-24)18(9-10-31)30-13-27-12-19(30)25(32)34-4/h5-8,11-14,18,31H,9-10H2,1-4H3,(H,28,29). The number of aliphatic hydroxyl groups excluding tert-OH is 1. The van der Waals surface area contributed by atoms with Gasteiger partial charge in [-0.1, -0.05) is 38.1 Å². The number of halogens is 1. The lowest BCUT2D eigenvalue weighted by molar-refractivity contribution is 0.0586. The summed E-state index contributed by atoms with van der Waals surface area (Å²) in [4.78, 5) is 24.7. The summed E-state index contributed by atoms with van der Waals surface area (Å²) in [6.45, 7) is 4.23. The molecule has 8 nitrogen and oxygen atoms in total. The largest absolute Gasteiger partial charge is 0.494 e. The lowest BCUT2D eigenvalue weighted by Crippen LogP contribution is -2.18. The number of rotatable bonds is 8. The van der Waals surface area contributed by atoms with Crippen molar-refractivity contribution in [2.75, 3.05) is 20.8 Å². The molecule has 0 fully saturated rings. The van der Waals surface area contributed by atoms with Crippen LogP contribution in [0.25, 0.3) is 22.4 Å². The van der Waals surface area contributed by atoms with Crippen LogP contribution < -0.4 is 4.74 Å². The summed E-state index contributed by atoms with van der Waals surface area (Å²) in [7, 11) is 2.92. The number of hydrogen-bond donors (Lipinski definition) is 2. The zero-order chi connectivity index (χ0) is 24.4. The van der Waals surface area contributed by atoms with Gasteiger partial charge in [0.05, 0.1) is 37.3 Å². The van der Waals surface area contributed by atoms with Crippen LogP contribution in [0, 0.1) is 0 Å². The second-order valence-corrected chi connectivity index (χ2v) is 9.07. The van der Waals surface area contributed by atoms with Gasteiger partial charge in [-0.2, -0.15) is 0 Å². The number of nitrogens with zero attached hydrogens (tertiary/aromatic N) is 3. The predicted octanol–water partition coefficient (Wildman–Crippen LogP) is 5.08. The van der Waals surface area contributed by atoms with Crippen LogP contribution >= 0.6 is 15.9 Å². The van der Waals surface area contributed by atoms with Crippen molar-refractivity contribution in [1.82, 2.24) is 19.5 Å². The van der Waals surface area contributed by atoms with Crippen molar-refractivity contribution in [2.24, 2.45) is 0 Å². The molecule has 2 aromatic heterocycles. The van der Waals surface area contributed by atoms with Gasteiger partial charge in [-0.15, -0.1) is 0 Å². The fraction of sp³-hybridized carbons (Fsp3) is 0.320. The monoisotopic (exact) mass is 526 g/mol. The van der Waals surface area contributed by atoms with Crippen molar-refractivity contribution >= 4 is 32.9 Å². The summed E-state index contributed by atoms with van der Waals surface area (Å²) in [5.74, 6) is 1.27. The van der Waals surface area contributed by atoms with E-state index in [-0.39, 0.29) is 6.61 Å². The van der Waals surface area contributed by atoms with Gasteiger partial charge in [0.25, 0.3) is 0 Å². The van der Waals surface area contributed by atoms with E-state index in [1.54, 1.807) is 18.0 Å². The fourth-order valence-electron chi connectivity index (χ4n) is 4.07. The summed E-state index contributed by atoms with van der Waals surface area (Å²) in [5.41, 5.74) is 4.76. The first-order valence-corrected chi connectivity index (χ1v) is 11.8. The van der Waals surface area contributed by atoms with Crippen molar-refractivity contribution in [2.45, 2.75) is 32.2 Å². The second kappa shape index (κ2) is 9.99. The van der Waals surface area contributed by atoms with E-state index in [9.17, 15) is 9.90 Å². The molecule has 0 radical (unpaired) electrons. The molecule has 0 amide bonds. The van der Waals surface area contributed by atoms with Gasteiger partial charge in [-0.3, -0.25) is 0 Å². The van der Waals surface area contributed by atoms with E-state index in [4.69, 9.17) is 14.5 Å². The minimum absolute atomic E-state index is 0.0930. The lowest BCUT2D eigenvalue weighted by Gasteiger charge is -2.22. The number of aromatic amines is 1. The van der Waals surface area contributed by atoms with Crippen molar-refractivity contribution < 1.29 is 19.4 Å². The summed E-state index contributed by atoms with van der Waals surface area (Å²) in [6.07, 6.45) is 3.36. The molecule has 2 aromatic carbocycles. The minimum Gasteiger partial charge on any atom is -0.494 e. The van der Waals surface area contributed by atoms with Gasteiger partial charge >= 0.3 is 5.97 Å². The maximum atomic E-state index is 12.3. The number of methoxy groups -OCH3 is 2. The molecular weight excluding hydrogens is 500 g/mol. The molecular formula is C25H27BrN4O4. The van der Waals surface area contributed by atoms with E-state index in [1.165, 1.54) is 18.9 Å². The SMILES string of the molecule is COC(=O)c1cncn1C(CCO)c1cc(OC)c2[nH]c(-c3ccc(C(C)C)cc3)nc2c1Br. The highest BCUT2D eigenvalue weighted by Gasteiger charge is 2.26. The number of nitrogens with one attached hydrogen (secondary N) is 1. The third kappa shape index (κ3) is 4.33. The highest BCUT2D eigenvalue weighted by molar-refractivity contribution is 9.10. The average molecular weight is 527 g/mol. The van der Waals surface area contributed by atoms with Crippen LogP contribution in [-0.4, -0.2) is 51.4 Å². The molecule has 4 aromatic rings. The van der Waals surface area contributed by atoms with Crippen LogP contribution in [0.2, 0.25) is 0 Å². The Bertz CT molecular complexity index is 1310. The topological polar surface area (TPSA) is 102 Å². The van der Waals surface area contributed by atoms with E-state index < -0.39 is 12.0 Å². The molecule has 0 aliphatic rings. The van der Waals surface area contributed by atoms with Crippen molar-refractivity contribution in [3.05, 3.63) is 64.1 Å². The molecule has 4 rings (SSSR count). The van der Waals surface area contributed by atoms with E-state index in [0.29, 0.717) is 29.3 Å². The Morgan fingerprint density at radius 1 is 1.24 bits per heavy atom. The molecule has 1 unspecified atom stereocenters. The van der Waals surface area contributed by atoms with E-state index in [1.807, 2.05) is 6.07 Å². The van der Waals surface area contributed by atoms with Crippen molar-refractivity contribution in [1.29, 1.82) is 0 Å². The number of imidazole rings is 2. The van der Waals surface area contributed by atoms with Crippen molar-refractivity contribution in [3.63, 3.8) is 0 Å². The zero-order valence-corrected chi connectivity index (χ0v) is 21.1. The third-order valence-electron chi connectivity index (χ3n) is 5.93. The Morgan fingerprint density at radius 2 is 1.97 bits per heavy atom. The number of carbonyl (C=O) groups excluding carboxylic acids is 1. The first-order chi connectivity index (χ1) is 16.4. The van der Waals surface area contributed by atoms with Crippen LogP contribution in [0.1, 0.15) is 53.8 Å². The maximum Gasteiger partial charge on any atom is 0.356 e. The van der Waals surface area contributed by atoms with E-state index in [2.05, 4.69) is 64.0 Å². The van der Waals surface area contributed by atoms with Gasteiger partial charge in [0.1, 0.15) is 28.3 Å². The molecule has 0 saturated carbocycles. The second-order valence-electron chi connectivity index (χ2n) is 8.27. The van der Waals surface area contributed by atoms with Crippen LogP contribution in [0.15, 0.2) is 47.3 Å². The number of aliphatic hydroxyl groups is 1. The van der Waals surface area contributed by atoms with Crippen LogP contribution in [0.4, 0.5) is 0 Å². The fourth-order valence-corrected chi connectivity index (χ4v) is 4.74. The number of aromatic nitrogens is 4. The number of fused-ring (bicyclic) bond motifs is 1. The van der Waals surface area contributed by atoms with Crippen LogP contribution in [-0.2, 0) is 4.74 Å². The van der Waals surface area contributed by atoms with Gasteiger partial charge < -0.3 is 24.1 Å². The van der Waals surface area contributed by atoms with Gasteiger partial charge in [-0.25, -0.2) is 14.8 Å². The highest BCUT2D eigenvalue weighted by Crippen LogP contribution is 2.40. The zero-order valence-electron chi connectivity index (χ0n) is 19.5. The highest BCUT2D eigenvalue weighted by atomic mass is 79.9. The summed E-state index contributed by atoms with van der Waals surface area (Å²) < 4.78 is 13.0. The van der Waals surface area contributed by atoms with Crippen molar-refractivity contribution in [3.8, 4) is 17.1 Å². The molecule has 0 bridgehead atoms. The summed E-state index contributed by atoms with van der Waals surface area (Å²) in [6, 6.07) is 9.80. The normalized spacial score (nSPS) is 12.3. The Morgan fingerprint density at radius 3 is 2.59 bits per heavy atom. The first-order valence-electron chi connectivity index (χ1n) is 11.0. The maximum absolute atomic E-state index is 12.3.